The monoisotopic (exact) mass is 257 g/mol. The fraction of sp³-hybridized carbons (Fsp3) is 0.312. The van der Waals surface area contributed by atoms with Crippen molar-refractivity contribution in [3.8, 4) is 0 Å². The maximum atomic E-state index is 12.0. The molecule has 0 aliphatic heterocycles. The summed E-state index contributed by atoms with van der Waals surface area (Å²) in [7, 11) is 1.45. The molecular weight excluding hydrogens is 238 g/mol. The van der Waals surface area contributed by atoms with E-state index in [-0.39, 0.29) is 5.91 Å². The van der Waals surface area contributed by atoms with E-state index < -0.39 is 0 Å². The Hall–Kier alpha value is -1.87. The van der Waals surface area contributed by atoms with Gasteiger partial charge in [0.1, 0.15) is 0 Å². The normalized spacial score (nSPS) is 10.6. The summed E-state index contributed by atoms with van der Waals surface area (Å²) in [5, 5.41) is 2.24. The standard InChI is InChI=1S/C16H19NO2/c1-3-4-7-14-10-12-8-5-6-9-13(12)11-15(14)16(18)17-19-2/h5-6,8-11H,3-4,7H2,1-2H3,(H,17,18). The number of nitrogens with one attached hydrogen (secondary N) is 1. The predicted octanol–water partition coefficient (Wildman–Crippen LogP) is 3.47. The Morgan fingerprint density at radius 2 is 1.89 bits per heavy atom. The minimum atomic E-state index is -0.181. The lowest BCUT2D eigenvalue weighted by Crippen LogP contribution is -2.23. The van der Waals surface area contributed by atoms with Crippen LogP contribution in [0.3, 0.4) is 0 Å². The van der Waals surface area contributed by atoms with E-state index in [9.17, 15) is 4.79 Å². The van der Waals surface area contributed by atoms with Gasteiger partial charge < -0.3 is 0 Å². The molecule has 2 rings (SSSR count). The summed E-state index contributed by atoms with van der Waals surface area (Å²) in [4.78, 5) is 16.8. The minimum Gasteiger partial charge on any atom is -0.277 e. The van der Waals surface area contributed by atoms with Gasteiger partial charge in [0, 0.05) is 5.56 Å². The Bertz CT molecular complexity index is 578. The van der Waals surface area contributed by atoms with E-state index >= 15 is 0 Å². The molecule has 0 unspecified atom stereocenters. The smallest absolute Gasteiger partial charge is 0.275 e. The molecule has 0 saturated heterocycles. The zero-order valence-corrected chi connectivity index (χ0v) is 11.4. The highest BCUT2D eigenvalue weighted by molar-refractivity contribution is 5.99. The molecule has 0 heterocycles. The van der Waals surface area contributed by atoms with Crippen molar-refractivity contribution in [1.29, 1.82) is 0 Å². The summed E-state index contributed by atoms with van der Waals surface area (Å²) in [6, 6.07) is 12.1. The number of unbranched alkanes of at least 4 members (excludes halogenated alkanes) is 1. The number of amides is 1. The Morgan fingerprint density at radius 1 is 1.21 bits per heavy atom. The molecule has 2 aromatic carbocycles. The first-order valence-electron chi connectivity index (χ1n) is 6.61. The summed E-state index contributed by atoms with van der Waals surface area (Å²) < 4.78 is 0. The lowest BCUT2D eigenvalue weighted by Gasteiger charge is -2.11. The first-order valence-corrected chi connectivity index (χ1v) is 6.61. The highest BCUT2D eigenvalue weighted by Crippen LogP contribution is 2.21. The third-order valence-electron chi connectivity index (χ3n) is 3.21. The molecule has 0 saturated carbocycles. The van der Waals surface area contributed by atoms with Crippen LogP contribution < -0.4 is 5.48 Å². The fourth-order valence-corrected chi connectivity index (χ4v) is 2.22. The molecule has 3 nitrogen and oxygen atoms in total. The fourth-order valence-electron chi connectivity index (χ4n) is 2.22. The van der Waals surface area contributed by atoms with Gasteiger partial charge in [0.25, 0.3) is 5.91 Å². The minimum absolute atomic E-state index is 0.181. The van der Waals surface area contributed by atoms with E-state index in [2.05, 4.69) is 24.5 Å². The van der Waals surface area contributed by atoms with Crippen LogP contribution >= 0.6 is 0 Å². The zero-order valence-electron chi connectivity index (χ0n) is 11.4. The number of rotatable bonds is 5. The Labute approximate surface area is 113 Å². The van der Waals surface area contributed by atoms with Gasteiger partial charge >= 0.3 is 0 Å². The number of fused-ring (bicyclic) bond motifs is 1. The van der Waals surface area contributed by atoms with Gasteiger partial charge in [0.2, 0.25) is 0 Å². The number of carbonyl (C=O) groups excluding carboxylic acids is 1. The molecule has 0 aliphatic rings. The van der Waals surface area contributed by atoms with Gasteiger partial charge in [-0.25, -0.2) is 5.48 Å². The number of carbonyl (C=O) groups is 1. The number of aryl methyl sites for hydroxylation is 1. The van der Waals surface area contributed by atoms with Crippen LogP contribution in [-0.2, 0) is 11.3 Å². The lowest BCUT2D eigenvalue weighted by atomic mass is 9.97. The van der Waals surface area contributed by atoms with Crippen molar-refractivity contribution < 1.29 is 9.63 Å². The lowest BCUT2D eigenvalue weighted by molar-refractivity contribution is 0.0537. The van der Waals surface area contributed by atoms with Crippen LogP contribution in [0.25, 0.3) is 10.8 Å². The van der Waals surface area contributed by atoms with E-state index in [4.69, 9.17) is 4.84 Å². The topological polar surface area (TPSA) is 38.3 Å². The predicted molar refractivity (Wildman–Crippen MR) is 77.0 cm³/mol. The second-order valence-electron chi connectivity index (χ2n) is 4.60. The molecule has 0 radical (unpaired) electrons. The van der Waals surface area contributed by atoms with Gasteiger partial charge in [-0.3, -0.25) is 9.63 Å². The van der Waals surface area contributed by atoms with E-state index in [0.29, 0.717) is 5.56 Å². The third kappa shape index (κ3) is 3.12. The number of hydrogen-bond donors (Lipinski definition) is 1. The van der Waals surface area contributed by atoms with Crippen LogP contribution in [0.2, 0.25) is 0 Å². The SMILES string of the molecule is CCCCc1cc2ccccc2cc1C(=O)NOC. The molecule has 0 atom stereocenters. The molecular formula is C16H19NO2. The van der Waals surface area contributed by atoms with E-state index in [1.165, 1.54) is 12.5 Å². The molecule has 100 valence electrons. The first-order chi connectivity index (χ1) is 9.26. The highest BCUT2D eigenvalue weighted by Gasteiger charge is 2.12. The molecule has 0 aliphatic carbocycles. The van der Waals surface area contributed by atoms with Gasteiger partial charge in [-0.2, -0.15) is 0 Å². The molecule has 0 fully saturated rings. The molecule has 2 aromatic rings. The molecule has 0 bridgehead atoms. The first kappa shape index (κ1) is 13.6. The average Bonchev–Trinajstić information content (AvgIpc) is 2.44. The molecule has 3 heteroatoms. The van der Waals surface area contributed by atoms with Crippen molar-refractivity contribution in [1.82, 2.24) is 5.48 Å². The van der Waals surface area contributed by atoms with Gasteiger partial charge in [0.05, 0.1) is 7.11 Å². The Balaban J connectivity index is 2.47. The maximum absolute atomic E-state index is 12.0. The number of hydroxylamine groups is 1. The van der Waals surface area contributed by atoms with Crippen molar-refractivity contribution in [3.05, 3.63) is 47.5 Å². The van der Waals surface area contributed by atoms with Crippen LogP contribution in [0.5, 0.6) is 0 Å². The van der Waals surface area contributed by atoms with Crippen molar-refractivity contribution >= 4 is 16.7 Å². The summed E-state index contributed by atoms with van der Waals surface area (Å²) in [6.45, 7) is 2.15. The molecule has 1 amide bonds. The number of benzene rings is 2. The van der Waals surface area contributed by atoms with E-state index in [1.807, 2.05) is 24.3 Å². The van der Waals surface area contributed by atoms with E-state index in [1.54, 1.807) is 0 Å². The zero-order chi connectivity index (χ0) is 13.7. The highest BCUT2D eigenvalue weighted by atomic mass is 16.6. The molecule has 0 aromatic heterocycles. The third-order valence-corrected chi connectivity index (χ3v) is 3.21. The van der Waals surface area contributed by atoms with Gasteiger partial charge in [0.15, 0.2) is 0 Å². The van der Waals surface area contributed by atoms with Crippen LogP contribution in [0.4, 0.5) is 0 Å². The van der Waals surface area contributed by atoms with E-state index in [0.717, 1.165) is 30.2 Å². The van der Waals surface area contributed by atoms with Crippen molar-refractivity contribution in [3.63, 3.8) is 0 Å². The summed E-state index contributed by atoms with van der Waals surface area (Å²) in [6.07, 6.45) is 3.09. The van der Waals surface area contributed by atoms with Gasteiger partial charge in [-0.15, -0.1) is 0 Å². The maximum Gasteiger partial charge on any atom is 0.275 e. The van der Waals surface area contributed by atoms with Gasteiger partial charge in [-0.1, -0.05) is 43.7 Å². The summed E-state index contributed by atoms with van der Waals surface area (Å²) in [5.74, 6) is -0.181. The van der Waals surface area contributed by atoms with Gasteiger partial charge in [-0.05, 0) is 35.2 Å². The van der Waals surface area contributed by atoms with Crippen molar-refractivity contribution in [2.24, 2.45) is 0 Å². The van der Waals surface area contributed by atoms with Crippen LogP contribution in [0.1, 0.15) is 35.7 Å². The molecule has 0 spiro atoms. The van der Waals surface area contributed by atoms with Crippen LogP contribution in [-0.4, -0.2) is 13.0 Å². The van der Waals surface area contributed by atoms with Crippen molar-refractivity contribution in [2.75, 3.05) is 7.11 Å². The average molecular weight is 257 g/mol. The van der Waals surface area contributed by atoms with Crippen molar-refractivity contribution in [2.45, 2.75) is 26.2 Å². The van der Waals surface area contributed by atoms with Crippen LogP contribution in [0, 0.1) is 0 Å². The Kier molecular flexibility index (Phi) is 4.53. The number of hydrogen-bond acceptors (Lipinski definition) is 2. The van der Waals surface area contributed by atoms with Crippen LogP contribution in [0.15, 0.2) is 36.4 Å². The summed E-state index contributed by atoms with van der Waals surface area (Å²) >= 11 is 0. The Morgan fingerprint density at radius 3 is 2.53 bits per heavy atom. The summed E-state index contributed by atoms with van der Waals surface area (Å²) in [5.41, 5.74) is 4.19. The largest absolute Gasteiger partial charge is 0.277 e. The quantitative estimate of drug-likeness (QED) is 0.833. The molecule has 19 heavy (non-hydrogen) atoms. The second-order valence-corrected chi connectivity index (χ2v) is 4.60. The second kappa shape index (κ2) is 6.34. The molecule has 1 N–H and O–H groups in total.